The van der Waals surface area contributed by atoms with Crippen LogP contribution in [0.15, 0.2) is 23.3 Å². The molecule has 0 spiro atoms. The van der Waals surface area contributed by atoms with Gasteiger partial charge in [-0.25, -0.2) is 5.01 Å². The summed E-state index contributed by atoms with van der Waals surface area (Å²) in [5.41, 5.74) is 2.11. The van der Waals surface area contributed by atoms with Crippen molar-refractivity contribution in [1.82, 2.24) is 5.01 Å². The highest BCUT2D eigenvalue weighted by molar-refractivity contribution is 6.07. The van der Waals surface area contributed by atoms with Gasteiger partial charge in [-0.3, -0.25) is 4.79 Å². The highest BCUT2D eigenvalue weighted by Crippen LogP contribution is 2.39. The predicted molar refractivity (Wildman–Crippen MR) is 110 cm³/mol. The number of rotatable bonds is 5. The Hall–Kier alpha value is -2.04. The molecule has 2 atom stereocenters. The zero-order valence-corrected chi connectivity index (χ0v) is 17.2. The maximum atomic E-state index is 13.2. The lowest BCUT2D eigenvalue weighted by molar-refractivity contribution is -0.139. The van der Waals surface area contributed by atoms with Gasteiger partial charge in [0.15, 0.2) is 11.5 Å². The van der Waals surface area contributed by atoms with E-state index in [0.717, 1.165) is 42.8 Å². The van der Waals surface area contributed by atoms with Crippen LogP contribution in [0.1, 0.15) is 63.4 Å². The second-order valence-corrected chi connectivity index (χ2v) is 8.48. The van der Waals surface area contributed by atoms with Crippen LogP contribution in [-0.4, -0.2) is 37.4 Å². The number of nitrogens with zero attached hydrogens (tertiary/aromatic N) is 2. The average Bonchev–Trinajstić information content (AvgIpc) is 2.76. The SMILES string of the molecule is COc1ccc(C2=NN(CC3CCCCC3)C(=O)C3CCCCC23)cc1OC. The number of hydrogen-bond donors (Lipinski definition) is 0. The van der Waals surface area contributed by atoms with Gasteiger partial charge in [-0.1, -0.05) is 32.1 Å². The molecule has 1 aromatic rings. The fraction of sp³-hybridized carbons (Fsp3) is 0.652. The number of carbonyl (C=O) groups is 1. The van der Waals surface area contributed by atoms with Crippen molar-refractivity contribution in [2.45, 2.75) is 57.8 Å². The van der Waals surface area contributed by atoms with Gasteiger partial charge < -0.3 is 9.47 Å². The monoisotopic (exact) mass is 384 g/mol. The molecular weight excluding hydrogens is 352 g/mol. The highest BCUT2D eigenvalue weighted by Gasteiger charge is 2.41. The van der Waals surface area contributed by atoms with Gasteiger partial charge >= 0.3 is 0 Å². The van der Waals surface area contributed by atoms with E-state index >= 15 is 0 Å². The first-order valence-corrected chi connectivity index (χ1v) is 10.8. The molecule has 28 heavy (non-hydrogen) atoms. The zero-order chi connectivity index (χ0) is 19.5. The molecule has 2 saturated carbocycles. The number of hydrogen-bond acceptors (Lipinski definition) is 4. The third kappa shape index (κ3) is 3.76. The molecule has 2 fully saturated rings. The summed E-state index contributed by atoms with van der Waals surface area (Å²) in [7, 11) is 3.31. The molecule has 0 bridgehead atoms. The molecule has 2 unspecified atom stereocenters. The van der Waals surface area contributed by atoms with Crippen molar-refractivity contribution in [2.24, 2.45) is 22.9 Å². The second-order valence-electron chi connectivity index (χ2n) is 8.48. The molecule has 0 N–H and O–H groups in total. The Bertz CT molecular complexity index is 739. The maximum absolute atomic E-state index is 13.2. The molecule has 0 radical (unpaired) electrons. The van der Waals surface area contributed by atoms with Crippen LogP contribution in [0, 0.1) is 17.8 Å². The Kier molecular flexibility index (Phi) is 5.88. The number of fused-ring (bicyclic) bond motifs is 1. The van der Waals surface area contributed by atoms with Crippen LogP contribution in [-0.2, 0) is 4.79 Å². The van der Waals surface area contributed by atoms with Crippen molar-refractivity contribution in [3.63, 3.8) is 0 Å². The van der Waals surface area contributed by atoms with Gasteiger partial charge in [-0.15, -0.1) is 0 Å². The molecule has 0 aromatic heterocycles. The van der Waals surface area contributed by atoms with Crippen molar-refractivity contribution < 1.29 is 14.3 Å². The van der Waals surface area contributed by atoms with Gasteiger partial charge in [-0.2, -0.15) is 5.10 Å². The predicted octanol–water partition coefficient (Wildman–Crippen LogP) is 4.64. The lowest BCUT2D eigenvalue weighted by Crippen LogP contribution is -2.47. The maximum Gasteiger partial charge on any atom is 0.246 e. The zero-order valence-electron chi connectivity index (χ0n) is 17.2. The normalized spacial score (nSPS) is 25.9. The van der Waals surface area contributed by atoms with E-state index in [4.69, 9.17) is 14.6 Å². The first-order valence-electron chi connectivity index (χ1n) is 10.8. The van der Waals surface area contributed by atoms with Crippen molar-refractivity contribution in [3.05, 3.63) is 23.8 Å². The largest absolute Gasteiger partial charge is 0.493 e. The number of methoxy groups -OCH3 is 2. The van der Waals surface area contributed by atoms with E-state index < -0.39 is 0 Å². The molecular formula is C23H32N2O3. The number of benzene rings is 1. The minimum Gasteiger partial charge on any atom is -0.493 e. The van der Waals surface area contributed by atoms with Crippen LogP contribution in [0.5, 0.6) is 11.5 Å². The van der Waals surface area contributed by atoms with E-state index in [1.807, 2.05) is 17.1 Å². The van der Waals surface area contributed by atoms with Gasteiger partial charge in [-0.05, 0) is 49.8 Å². The second kappa shape index (κ2) is 8.54. The van der Waals surface area contributed by atoms with Crippen molar-refractivity contribution in [3.8, 4) is 11.5 Å². The van der Waals surface area contributed by atoms with Gasteiger partial charge in [0, 0.05) is 23.9 Å². The lowest BCUT2D eigenvalue weighted by atomic mass is 9.73. The molecule has 1 heterocycles. The van der Waals surface area contributed by atoms with Crippen LogP contribution >= 0.6 is 0 Å². The fourth-order valence-corrected chi connectivity index (χ4v) is 5.21. The number of hydrazone groups is 1. The summed E-state index contributed by atoms with van der Waals surface area (Å²) in [6, 6.07) is 6.01. The molecule has 0 saturated heterocycles. The minimum atomic E-state index is 0.0814. The third-order valence-corrected chi connectivity index (χ3v) is 6.75. The van der Waals surface area contributed by atoms with Crippen molar-refractivity contribution in [2.75, 3.05) is 20.8 Å². The minimum absolute atomic E-state index is 0.0814. The first kappa shape index (κ1) is 19.3. The van der Waals surface area contributed by atoms with Crippen molar-refractivity contribution in [1.29, 1.82) is 0 Å². The van der Waals surface area contributed by atoms with E-state index in [1.165, 1.54) is 38.5 Å². The van der Waals surface area contributed by atoms with E-state index in [-0.39, 0.29) is 17.7 Å². The van der Waals surface area contributed by atoms with Gasteiger partial charge in [0.2, 0.25) is 5.91 Å². The molecule has 2 aliphatic carbocycles. The van der Waals surface area contributed by atoms with E-state index in [2.05, 4.69) is 6.07 Å². The van der Waals surface area contributed by atoms with E-state index in [1.54, 1.807) is 14.2 Å². The Morgan fingerprint density at radius 3 is 2.32 bits per heavy atom. The number of carbonyl (C=O) groups excluding carboxylic acids is 1. The molecule has 1 aromatic carbocycles. The molecule has 1 aliphatic heterocycles. The molecule has 1 amide bonds. The Morgan fingerprint density at radius 1 is 0.929 bits per heavy atom. The van der Waals surface area contributed by atoms with Gasteiger partial charge in [0.05, 0.1) is 19.9 Å². The Labute approximate surface area is 168 Å². The summed E-state index contributed by atoms with van der Waals surface area (Å²) in [4.78, 5) is 13.2. The summed E-state index contributed by atoms with van der Waals surface area (Å²) in [5.74, 6) is 2.58. The molecule has 3 aliphatic rings. The summed E-state index contributed by atoms with van der Waals surface area (Å²) < 4.78 is 10.9. The first-order chi connectivity index (χ1) is 13.7. The smallest absolute Gasteiger partial charge is 0.246 e. The standard InChI is InChI=1S/C23H32N2O3/c1-27-20-13-12-17(14-21(20)28-2)22-18-10-6-7-11-19(18)23(26)25(24-22)15-16-8-4-3-5-9-16/h12-14,16,18-19H,3-11,15H2,1-2H3. The molecule has 5 nitrogen and oxygen atoms in total. The summed E-state index contributed by atoms with van der Waals surface area (Å²) in [6.45, 7) is 0.777. The number of ether oxygens (including phenoxy) is 2. The van der Waals surface area contributed by atoms with E-state index in [0.29, 0.717) is 11.7 Å². The van der Waals surface area contributed by atoms with Crippen molar-refractivity contribution >= 4 is 11.6 Å². The molecule has 5 heteroatoms. The van der Waals surface area contributed by atoms with Crippen LogP contribution in [0.4, 0.5) is 0 Å². The molecule has 4 rings (SSSR count). The van der Waals surface area contributed by atoms with Crippen LogP contribution in [0.2, 0.25) is 0 Å². The summed E-state index contributed by atoms with van der Waals surface area (Å²) in [5, 5.41) is 6.76. The quantitative estimate of drug-likeness (QED) is 0.743. The van der Waals surface area contributed by atoms with Crippen LogP contribution in [0.25, 0.3) is 0 Å². The summed E-state index contributed by atoms with van der Waals surface area (Å²) >= 11 is 0. The van der Waals surface area contributed by atoms with Crippen LogP contribution in [0.3, 0.4) is 0 Å². The number of amides is 1. The van der Waals surface area contributed by atoms with Gasteiger partial charge in [0.1, 0.15) is 0 Å². The average molecular weight is 385 g/mol. The summed E-state index contributed by atoms with van der Waals surface area (Å²) in [6.07, 6.45) is 10.7. The topological polar surface area (TPSA) is 51.1 Å². The third-order valence-electron chi connectivity index (χ3n) is 6.75. The molecule has 152 valence electrons. The highest BCUT2D eigenvalue weighted by atomic mass is 16.5. The Balaban J connectivity index is 1.67. The Morgan fingerprint density at radius 2 is 1.61 bits per heavy atom. The van der Waals surface area contributed by atoms with Crippen LogP contribution < -0.4 is 9.47 Å². The fourth-order valence-electron chi connectivity index (χ4n) is 5.21. The van der Waals surface area contributed by atoms with Gasteiger partial charge in [0.25, 0.3) is 0 Å². The van der Waals surface area contributed by atoms with E-state index in [9.17, 15) is 4.79 Å². The lowest BCUT2D eigenvalue weighted by Gasteiger charge is -2.40.